The molecule has 5 nitrogen and oxygen atoms in total. The van der Waals surface area contributed by atoms with Crippen LogP contribution in [0.5, 0.6) is 0 Å². The van der Waals surface area contributed by atoms with Crippen LogP contribution in [0.15, 0.2) is 41.8 Å². The van der Waals surface area contributed by atoms with E-state index in [9.17, 15) is 13.6 Å². The van der Waals surface area contributed by atoms with Gasteiger partial charge in [-0.05, 0) is 35.9 Å². The zero-order chi connectivity index (χ0) is 15.8. The van der Waals surface area contributed by atoms with Gasteiger partial charge in [-0.2, -0.15) is 9.79 Å². The maximum Gasteiger partial charge on any atom is 0.240 e. The second kappa shape index (κ2) is 5.75. The van der Waals surface area contributed by atoms with Crippen molar-refractivity contribution in [3.05, 3.63) is 57.8 Å². The Hall–Kier alpha value is -1.25. The number of fused-ring (bicyclic) bond motifs is 1. The van der Waals surface area contributed by atoms with Gasteiger partial charge in [0.25, 0.3) is 0 Å². The highest BCUT2D eigenvalue weighted by Gasteiger charge is 2.46. The maximum absolute atomic E-state index is 13.1. The van der Waals surface area contributed by atoms with E-state index in [4.69, 9.17) is 0 Å². The standard InChI is InChI=1S/C15H18N2O3S2/c1-15(16-18,14-7-4-10-21-14)22(19,20)17-9-8-12-5-2-3-6-13(12)11-17/h2-7,10,16,18H,8-9,11H2,1H3. The molecule has 118 valence electrons. The van der Waals surface area contributed by atoms with Crippen molar-refractivity contribution in [2.24, 2.45) is 0 Å². The van der Waals surface area contributed by atoms with Gasteiger partial charge in [0, 0.05) is 18.0 Å². The molecule has 2 heterocycles. The number of hydroxylamine groups is 1. The molecule has 0 aliphatic carbocycles. The molecule has 0 spiro atoms. The third kappa shape index (κ3) is 2.39. The number of nitrogens with one attached hydrogen (secondary N) is 1. The van der Waals surface area contributed by atoms with Crippen LogP contribution in [0.3, 0.4) is 0 Å². The second-order valence-corrected chi connectivity index (χ2v) is 8.71. The molecule has 1 aromatic carbocycles. The summed E-state index contributed by atoms with van der Waals surface area (Å²) in [6, 6.07) is 11.3. The summed E-state index contributed by atoms with van der Waals surface area (Å²) in [6.07, 6.45) is 0.682. The highest BCUT2D eigenvalue weighted by Crippen LogP contribution is 2.35. The molecule has 1 unspecified atom stereocenters. The van der Waals surface area contributed by atoms with Gasteiger partial charge in [-0.1, -0.05) is 30.3 Å². The fourth-order valence-electron chi connectivity index (χ4n) is 2.72. The first-order valence-corrected chi connectivity index (χ1v) is 9.33. The van der Waals surface area contributed by atoms with Gasteiger partial charge in [-0.3, -0.25) is 0 Å². The quantitative estimate of drug-likeness (QED) is 0.839. The van der Waals surface area contributed by atoms with Crippen LogP contribution >= 0.6 is 11.3 Å². The van der Waals surface area contributed by atoms with Crippen molar-refractivity contribution in [1.82, 2.24) is 9.79 Å². The molecule has 2 aromatic rings. The average molecular weight is 338 g/mol. The van der Waals surface area contributed by atoms with E-state index in [1.165, 1.54) is 28.1 Å². The van der Waals surface area contributed by atoms with E-state index < -0.39 is 14.9 Å². The van der Waals surface area contributed by atoms with Crippen LogP contribution in [0.4, 0.5) is 0 Å². The van der Waals surface area contributed by atoms with Crippen molar-refractivity contribution >= 4 is 21.4 Å². The van der Waals surface area contributed by atoms with Crippen LogP contribution < -0.4 is 5.48 Å². The Morgan fingerprint density at radius 2 is 1.95 bits per heavy atom. The Morgan fingerprint density at radius 1 is 1.23 bits per heavy atom. The summed E-state index contributed by atoms with van der Waals surface area (Å²) < 4.78 is 27.6. The first kappa shape index (κ1) is 15.6. The zero-order valence-corrected chi connectivity index (χ0v) is 13.8. The van der Waals surface area contributed by atoms with Gasteiger partial charge in [0.15, 0.2) is 4.87 Å². The van der Waals surface area contributed by atoms with E-state index in [0.717, 1.165) is 5.56 Å². The minimum Gasteiger partial charge on any atom is -0.315 e. The molecule has 0 bridgehead atoms. The van der Waals surface area contributed by atoms with Crippen LogP contribution in [0.25, 0.3) is 0 Å². The molecule has 1 aliphatic rings. The number of benzene rings is 1. The Kier molecular flexibility index (Phi) is 4.09. The SMILES string of the molecule is CC(NO)(c1cccs1)S(=O)(=O)N1CCc2ccccc2C1. The van der Waals surface area contributed by atoms with Crippen molar-refractivity contribution in [3.63, 3.8) is 0 Å². The summed E-state index contributed by atoms with van der Waals surface area (Å²) in [5.41, 5.74) is 4.22. The molecule has 0 saturated carbocycles. The number of sulfonamides is 1. The van der Waals surface area contributed by atoms with E-state index >= 15 is 0 Å². The smallest absolute Gasteiger partial charge is 0.240 e. The number of hydrogen-bond donors (Lipinski definition) is 2. The largest absolute Gasteiger partial charge is 0.315 e. The minimum atomic E-state index is -3.76. The van der Waals surface area contributed by atoms with E-state index in [2.05, 4.69) is 0 Å². The Labute approximate surface area is 134 Å². The van der Waals surface area contributed by atoms with Gasteiger partial charge in [0.2, 0.25) is 10.0 Å². The molecule has 1 atom stereocenters. The molecule has 0 radical (unpaired) electrons. The molecule has 7 heteroatoms. The highest BCUT2D eigenvalue weighted by atomic mass is 32.2. The summed E-state index contributed by atoms with van der Waals surface area (Å²) in [4.78, 5) is -0.971. The van der Waals surface area contributed by atoms with Crippen LogP contribution in [0.1, 0.15) is 22.9 Å². The molecular weight excluding hydrogens is 320 g/mol. The van der Waals surface area contributed by atoms with Crippen molar-refractivity contribution < 1.29 is 13.6 Å². The normalized spacial score (nSPS) is 18.6. The lowest BCUT2D eigenvalue weighted by molar-refractivity contribution is 0.109. The maximum atomic E-state index is 13.1. The molecular formula is C15H18N2O3S2. The third-order valence-electron chi connectivity index (χ3n) is 4.16. The number of rotatable bonds is 4. The van der Waals surface area contributed by atoms with E-state index in [1.807, 2.05) is 29.7 Å². The van der Waals surface area contributed by atoms with Crippen LogP contribution in [-0.4, -0.2) is 24.5 Å². The first-order chi connectivity index (χ1) is 10.5. The molecule has 1 aliphatic heterocycles. The lowest BCUT2D eigenvalue weighted by atomic mass is 10.0. The third-order valence-corrected chi connectivity index (χ3v) is 7.71. The minimum absolute atomic E-state index is 0.334. The number of nitrogens with zero attached hydrogens (tertiary/aromatic N) is 1. The van der Waals surface area contributed by atoms with E-state index in [0.29, 0.717) is 24.4 Å². The summed E-state index contributed by atoms with van der Waals surface area (Å²) in [5.74, 6) is 0. The Morgan fingerprint density at radius 3 is 2.59 bits per heavy atom. The van der Waals surface area contributed by atoms with Crippen molar-refractivity contribution in [3.8, 4) is 0 Å². The fourth-order valence-corrected chi connectivity index (χ4v) is 5.51. The van der Waals surface area contributed by atoms with Crippen molar-refractivity contribution in [2.75, 3.05) is 6.54 Å². The second-order valence-electron chi connectivity index (χ2n) is 5.48. The molecule has 1 aromatic heterocycles. The van der Waals surface area contributed by atoms with E-state index in [1.54, 1.807) is 17.5 Å². The number of hydrogen-bond acceptors (Lipinski definition) is 5. The van der Waals surface area contributed by atoms with Crippen LogP contribution in [0, 0.1) is 0 Å². The van der Waals surface area contributed by atoms with E-state index in [-0.39, 0.29) is 0 Å². The van der Waals surface area contributed by atoms with Crippen LogP contribution in [0.2, 0.25) is 0 Å². The zero-order valence-electron chi connectivity index (χ0n) is 12.2. The predicted molar refractivity (Wildman–Crippen MR) is 86.1 cm³/mol. The fraction of sp³-hybridized carbons (Fsp3) is 0.333. The summed E-state index contributed by atoms with van der Waals surface area (Å²) in [7, 11) is -3.76. The Bertz CT molecular complexity index is 759. The lowest BCUT2D eigenvalue weighted by Gasteiger charge is -2.35. The molecule has 0 amide bonds. The van der Waals surface area contributed by atoms with Gasteiger partial charge in [-0.15, -0.1) is 11.3 Å². The summed E-state index contributed by atoms with van der Waals surface area (Å²) in [6.45, 7) is 2.25. The average Bonchev–Trinajstić information content (AvgIpc) is 3.08. The highest BCUT2D eigenvalue weighted by molar-refractivity contribution is 7.90. The van der Waals surface area contributed by atoms with Crippen molar-refractivity contribution in [2.45, 2.75) is 24.8 Å². The topological polar surface area (TPSA) is 69.6 Å². The number of thiophene rings is 1. The van der Waals surface area contributed by atoms with Crippen molar-refractivity contribution in [1.29, 1.82) is 0 Å². The molecule has 22 heavy (non-hydrogen) atoms. The Balaban J connectivity index is 1.97. The first-order valence-electron chi connectivity index (χ1n) is 7.01. The monoisotopic (exact) mass is 338 g/mol. The molecule has 0 fully saturated rings. The predicted octanol–water partition coefficient (Wildman–Crippen LogP) is 2.29. The van der Waals surface area contributed by atoms with Gasteiger partial charge in [0.05, 0.1) is 0 Å². The summed E-state index contributed by atoms with van der Waals surface area (Å²) in [5, 5.41) is 11.4. The van der Waals surface area contributed by atoms with Gasteiger partial charge in [-0.25, -0.2) is 8.42 Å². The van der Waals surface area contributed by atoms with Gasteiger partial charge in [0.1, 0.15) is 0 Å². The van der Waals surface area contributed by atoms with Gasteiger partial charge >= 0.3 is 0 Å². The molecule has 3 rings (SSSR count). The lowest BCUT2D eigenvalue weighted by Crippen LogP contribution is -2.52. The van der Waals surface area contributed by atoms with Crippen LogP contribution in [-0.2, 0) is 27.9 Å². The summed E-state index contributed by atoms with van der Waals surface area (Å²) >= 11 is 1.30. The molecule has 2 N–H and O–H groups in total. The molecule has 0 saturated heterocycles. The van der Waals surface area contributed by atoms with Gasteiger partial charge < -0.3 is 5.21 Å².